The Kier molecular flexibility index (Phi) is 7.94. The van der Waals surface area contributed by atoms with Crippen molar-refractivity contribution in [2.75, 3.05) is 32.8 Å². The fourth-order valence-electron chi connectivity index (χ4n) is 3.95. The Morgan fingerprint density at radius 2 is 1.62 bits per heavy atom. The highest BCUT2D eigenvalue weighted by Gasteiger charge is 2.22. The summed E-state index contributed by atoms with van der Waals surface area (Å²) in [5, 5.41) is 0. The fourth-order valence-corrected chi connectivity index (χ4v) is 3.95. The topological polar surface area (TPSA) is 49.9 Å². The molecule has 0 unspecified atom stereocenters. The van der Waals surface area contributed by atoms with E-state index in [0.29, 0.717) is 45.6 Å². The van der Waals surface area contributed by atoms with Crippen molar-refractivity contribution in [3.8, 4) is 5.75 Å². The van der Waals surface area contributed by atoms with Crippen molar-refractivity contribution in [1.82, 2.24) is 9.80 Å². The number of rotatable bonds is 6. The molecule has 5 heteroatoms. The van der Waals surface area contributed by atoms with Gasteiger partial charge in [-0.15, -0.1) is 0 Å². The lowest BCUT2D eigenvalue weighted by Crippen LogP contribution is -2.37. The van der Waals surface area contributed by atoms with E-state index in [1.54, 1.807) is 0 Å². The van der Waals surface area contributed by atoms with Crippen molar-refractivity contribution < 1.29 is 14.3 Å². The maximum absolute atomic E-state index is 12.8. The van der Waals surface area contributed by atoms with Crippen LogP contribution in [0.1, 0.15) is 61.5 Å². The number of aryl methyl sites for hydroxylation is 1. The maximum atomic E-state index is 12.8. The normalized spacial score (nSPS) is 14.8. The molecule has 1 fully saturated rings. The molecule has 1 heterocycles. The van der Waals surface area contributed by atoms with Crippen molar-refractivity contribution >= 4 is 11.8 Å². The third kappa shape index (κ3) is 6.59. The molecule has 2 aromatic carbocycles. The molecule has 2 amide bonds. The first kappa shape index (κ1) is 23.8. The van der Waals surface area contributed by atoms with Crippen LogP contribution in [0, 0.1) is 6.92 Å². The molecule has 0 atom stereocenters. The van der Waals surface area contributed by atoms with Crippen LogP contribution in [-0.2, 0) is 10.2 Å². The molecule has 5 nitrogen and oxygen atoms in total. The quantitative estimate of drug-likeness (QED) is 0.610. The monoisotopic (exact) mass is 436 g/mol. The predicted octanol–water partition coefficient (Wildman–Crippen LogP) is 4.83. The molecule has 0 bridgehead atoms. The van der Waals surface area contributed by atoms with Gasteiger partial charge in [-0.05, 0) is 55.0 Å². The van der Waals surface area contributed by atoms with Crippen molar-refractivity contribution in [2.45, 2.75) is 52.4 Å². The first-order chi connectivity index (χ1) is 15.2. The summed E-state index contributed by atoms with van der Waals surface area (Å²) in [6, 6.07) is 15.9. The van der Waals surface area contributed by atoms with E-state index < -0.39 is 0 Å². The summed E-state index contributed by atoms with van der Waals surface area (Å²) in [5.74, 6) is 1.03. The lowest BCUT2D eigenvalue weighted by molar-refractivity contribution is -0.131. The second-order valence-electron chi connectivity index (χ2n) is 9.62. The summed E-state index contributed by atoms with van der Waals surface area (Å²) < 4.78 is 5.82. The second kappa shape index (κ2) is 10.7. The summed E-state index contributed by atoms with van der Waals surface area (Å²) in [5.41, 5.74) is 3.20. The van der Waals surface area contributed by atoms with Crippen molar-refractivity contribution in [3.63, 3.8) is 0 Å². The van der Waals surface area contributed by atoms with Crippen LogP contribution in [-0.4, -0.2) is 54.4 Å². The van der Waals surface area contributed by atoms with Crippen LogP contribution >= 0.6 is 0 Å². The van der Waals surface area contributed by atoms with Gasteiger partial charge >= 0.3 is 0 Å². The molecule has 0 radical (unpaired) electrons. The number of carbonyl (C=O) groups excluding carboxylic acids is 2. The summed E-state index contributed by atoms with van der Waals surface area (Å²) in [4.78, 5) is 29.2. The molecule has 1 aliphatic heterocycles. The first-order valence-corrected chi connectivity index (χ1v) is 11.6. The SMILES string of the molecule is Cc1cccc(C(=O)N2CCCN(C(=O)CCCOc3ccc(C(C)(C)C)cc3)CC2)c1. The predicted molar refractivity (Wildman–Crippen MR) is 128 cm³/mol. The van der Waals surface area contributed by atoms with Gasteiger partial charge in [-0.3, -0.25) is 9.59 Å². The molecular formula is C27H36N2O3. The number of benzene rings is 2. The average Bonchev–Trinajstić information content (AvgIpc) is 3.02. The van der Waals surface area contributed by atoms with Crippen LogP contribution in [0.15, 0.2) is 48.5 Å². The highest BCUT2D eigenvalue weighted by atomic mass is 16.5. The average molecular weight is 437 g/mol. The van der Waals surface area contributed by atoms with Gasteiger partial charge in [-0.25, -0.2) is 0 Å². The van der Waals surface area contributed by atoms with Gasteiger partial charge in [0.2, 0.25) is 5.91 Å². The number of hydrogen-bond donors (Lipinski definition) is 0. The van der Waals surface area contributed by atoms with Crippen molar-refractivity contribution in [2.24, 2.45) is 0 Å². The zero-order chi connectivity index (χ0) is 23.1. The van der Waals surface area contributed by atoms with Crippen LogP contribution in [0.25, 0.3) is 0 Å². The lowest BCUT2D eigenvalue weighted by atomic mass is 9.87. The van der Waals surface area contributed by atoms with E-state index >= 15 is 0 Å². The number of ether oxygens (including phenoxy) is 1. The summed E-state index contributed by atoms with van der Waals surface area (Å²) in [7, 11) is 0. The van der Waals surface area contributed by atoms with Crippen LogP contribution in [0.5, 0.6) is 5.75 Å². The van der Waals surface area contributed by atoms with E-state index in [2.05, 4.69) is 32.9 Å². The zero-order valence-corrected chi connectivity index (χ0v) is 19.9. The highest BCUT2D eigenvalue weighted by Crippen LogP contribution is 2.24. The molecule has 0 N–H and O–H groups in total. The van der Waals surface area contributed by atoms with Gasteiger partial charge in [0.25, 0.3) is 5.91 Å². The maximum Gasteiger partial charge on any atom is 0.253 e. The second-order valence-corrected chi connectivity index (χ2v) is 9.62. The Labute approximate surface area is 192 Å². The van der Waals surface area contributed by atoms with Crippen LogP contribution in [0.3, 0.4) is 0 Å². The van der Waals surface area contributed by atoms with Crippen molar-refractivity contribution in [3.05, 3.63) is 65.2 Å². The van der Waals surface area contributed by atoms with Gasteiger partial charge in [0, 0.05) is 38.2 Å². The van der Waals surface area contributed by atoms with Gasteiger partial charge in [-0.1, -0.05) is 50.6 Å². The zero-order valence-electron chi connectivity index (χ0n) is 19.9. The minimum absolute atomic E-state index is 0.0499. The molecule has 1 saturated heterocycles. The summed E-state index contributed by atoms with van der Waals surface area (Å²) in [6.07, 6.45) is 1.95. The minimum atomic E-state index is 0.0499. The Morgan fingerprint density at radius 1 is 0.938 bits per heavy atom. The molecule has 1 aliphatic rings. The first-order valence-electron chi connectivity index (χ1n) is 11.6. The van der Waals surface area contributed by atoms with Crippen molar-refractivity contribution in [1.29, 1.82) is 0 Å². The number of hydrogen-bond acceptors (Lipinski definition) is 3. The third-order valence-corrected chi connectivity index (χ3v) is 5.92. The third-order valence-electron chi connectivity index (χ3n) is 5.92. The van der Waals surface area contributed by atoms with E-state index in [-0.39, 0.29) is 17.2 Å². The molecule has 2 aromatic rings. The Balaban J connectivity index is 1.41. The van der Waals surface area contributed by atoms with Gasteiger partial charge in [-0.2, -0.15) is 0 Å². The van der Waals surface area contributed by atoms with E-state index in [0.717, 1.165) is 23.3 Å². The van der Waals surface area contributed by atoms with E-state index in [1.165, 1.54) is 5.56 Å². The number of carbonyl (C=O) groups is 2. The van der Waals surface area contributed by atoms with Gasteiger partial charge in [0.1, 0.15) is 5.75 Å². The molecule has 0 aromatic heterocycles. The van der Waals surface area contributed by atoms with Gasteiger partial charge < -0.3 is 14.5 Å². The lowest BCUT2D eigenvalue weighted by Gasteiger charge is -2.22. The minimum Gasteiger partial charge on any atom is -0.494 e. The Morgan fingerprint density at radius 3 is 2.31 bits per heavy atom. The molecule has 0 aliphatic carbocycles. The fraction of sp³-hybridized carbons (Fsp3) is 0.481. The molecular weight excluding hydrogens is 400 g/mol. The molecule has 172 valence electrons. The molecule has 3 rings (SSSR count). The molecule has 0 saturated carbocycles. The largest absolute Gasteiger partial charge is 0.494 e. The molecule has 32 heavy (non-hydrogen) atoms. The van der Waals surface area contributed by atoms with E-state index in [9.17, 15) is 9.59 Å². The Hall–Kier alpha value is -2.82. The van der Waals surface area contributed by atoms with Crippen LogP contribution in [0.4, 0.5) is 0 Å². The summed E-state index contributed by atoms with van der Waals surface area (Å²) >= 11 is 0. The number of amides is 2. The van der Waals surface area contributed by atoms with Crippen LogP contribution < -0.4 is 4.74 Å². The number of nitrogens with zero attached hydrogens (tertiary/aromatic N) is 2. The molecule has 0 spiro atoms. The Bertz CT molecular complexity index is 915. The standard InChI is InChI=1S/C27H36N2O3/c1-21-8-5-9-22(20-21)26(31)29-16-7-15-28(17-18-29)25(30)10-6-19-32-24-13-11-23(12-14-24)27(2,3)4/h5,8-9,11-14,20H,6-7,10,15-19H2,1-4H3. The van der Waals surface area contributed by atoms with Gasteiger partial charge in [0.05, 0.1) is 6.61 Å². The van der Waals surface area contributed by atoms with Crippen LogP contribution in [0.2, 0.25) is 0 Å². The van der Waals surface area contributed by atoms with E-state index in [4.69, 9.17) is 4.74 Å². The van der Waals surface area contributed by atoms with E-state index in [1.807, 2.05) is 53.1 Å². The highest BCUT2D eigenvalue weighted by molar-refractivity contribution is 5.94. The summed E-state index contributed by atoms with van der Waals surface area (Å²) in [6.45, 7) is 11.6. The van der Waals surface area contributed by atoms with Gasteiger partial charge in [0.15, 0.2) is 0 Å². The smallest absolute Gasteiger partial charge is 0.253 e.